The van der Waals surface area contributed by atoms with Gasteiger partial charge in [0.05, 0.1) is 25.3 Å². The Labute approximate surface area is 201 Å². The Morgan fingerprint density at radius 2 is 1.85 bits per heavy atom. The minimum Gasteiger partial charge on any atom is -0.497 e. The van der Waals surface area contributed by atoms with Crippen molar-refractivity contribution in [3.05, 3.63) is 82.0 Å². The first kappa shape index (κ1) is 23.0. The predicted molar refractivity (Wildman–Crippen MR) is 127 cm³/mol. The maximum absolute atomic E-state index is 13.4. The molecule has 3 aromatic rings. The average Bonchev–Trinajstić information content (AvgIpc) is 3.45. The number of hydrogen-bond acceptors (Lipinski definition) is 6. The largest absolute Gasteiger partial charge is 0.497 e. The number of ether oxygens (including phenoxy) is 1. The smallest absolute Gasteiger partial charge is 0.325 e. The highest BCUT2D eigenvalue weighted by atomic mass is 32.1. The molecule has 1 fully saturated rings. The summed E-state index contributed by atoms with van der Waals surface area (Å²) in [6.45, 7) is 1.49. The van der Waals surface area contributed by atoms with Gasteiger partial charge in [-0.1, -0.05) is 18.2 Å². The fourth-order valence-electron chi connectivity index (χ4n) is 3.78. The molecule has 0 unspecified atom stereocenters. The molecule has 2 aromatic carbocycles. The molecule has 1 atom stereocenters. The van der Waals surface area contributed by atoms with Gasteiger partial charge in [-0.25, -0.2) is 4.79 Å². The number of urea groups is 1. The van der Waals surface area contributed by atoms with Gasteiger partial charge in [-0.3, -0.25) is 14.5 Å². The van der Waals surface area contributed by atoms with Gasteiger partial charge in [-0.05, 0) is 60.3 Å². The highest BCUT2D eigenvalue weighted by Crippen LogP contribution is 2.30. The first-order valence-corrected chi connectivity index (χ1v) is 11.3. The van der Waals surface area contributed by atoms with Crippen LogP contribution in [0.1, 0.15) is 22.9 Å². The van der Waals surface area contributed by atoms with Crippen molar-refractivity contribution in [3.63, 3.8) is 0 Å². The van der Waals surface area contributed by atoms with Crippen LogP contribution in [0.2, 0.25) is 0 Å². The number of nitrogens with one attached hydrogen (secondary N) is 1. The quantitative estimate of drug-likeness (QED) is 0.527. The normalized spacial score (nSPS) is 17.3. The number of hydrogen-bond donors (Lipinski definition) is 1. The van der Waals surface area contributed by atoms with E-state index in [-0.39, 0.29) is 0 Å². The van der Waals surface area contributed by atoms with Gasteiger partial charge in [-0.2, -0.15) is 5.26 Å². The molecule has 0 saturated carbocycles. The summed E-state index contributed by atoms with van der Waals surface area (Å²) in [6, 6.07) is 18.6. The number of nitrogens with zero attached hydrogens (tertiary/aromatic N) is 3. The molecule has 34 heavy (non-hydrogen) atoms. The molecule has 1 saturated heterocycles. The lowest BCUT2D eigenvalue weighted by atomic mass is 9.91. The number of rotatable bonds is 7. The molecule has 4 amide bonds. The summed E-state index contributed by atoms with van der Waals surface area (Å²) in [6.07, 6.45) is 0. The third kappa shape index (κ3) is 4.36. The van der Waals surface area contributed by atoms with Crippen LogP contribution in [0.5, 0.6) is 5.75 Å². The molecule has 2 heterocycles. The Balaban J connectivity index is 1.58. The van der Waals surface area contributed by atoms with Crippen LogP contribution in [0.25, 0.3) is 0 Å². The van der Waals surface area contributed by atoms with E-state index >= 15 is 0 Å². The number of carbonyl (C=O) groups is 3. The molecule has 4 rings (SSSR count). The minimum absolute atomic E-state index is 0.305. The van der Waals surface area contributed by atoms with Gasteiger partial charge in [0, 0.05) is 10.6 Å². The highest BCUT2D eigenvalue weighted by molar-refractivity contribution is 7.09. The molecule has 1 aliphatic rings. The monoisotopic (exact) mass is 474 g/mol. The van der Waals surface area contributed by atoms with Crippen molar-refractivity contribution in [1.29, 1.82) is 5.26 Å². The Kier molecular flexibility index (Phi) is 6.34. The van der Waals surface area contributed by atoms with E-state index in [1.807, 2.05) is 23.6 Å². The molecular weight excluding hydrogens is 452 g/mol. The molecule has 172 valence electrons. The predicted octanol–water partition coefficient (Wildman–Crippen LogP) is 3.63. The number of imide groups is 1. The molecule has 0 radical (unpaired) electrons. The van der Waals surface area contributed by atoms with E-state index in [4.69, 9.17) is 10.00 Å². The van der Waals surface area contributed by atoms with Gasteiger partial charge in [-0.15, -0.1) is 11.3 Å². The zero-order valence-electron chi connectivity index (χ0n) is 18.6. The molecule has 9 heteroatoms. The number of nitriles is 1. The van der Waals surface area contributed by atoms with Gasteiger partial charge in [0.15, 0.2) is 0 Å². The Morgan fingerprint density at radius 3 is 2.44 bits per heavy atom. The zero-order valence-corrected chi connectivity index (χ0v) is 19.5. The first-order chi connectivity index (χ1) is 16.4. The van der Waals surface area contributed by atoms with Crippen LogP contribution >= 0.6 is 11.3 Å². The molecule has 1 N–H and O–H groups in total. The summed E-state index contributed by atoms with van der Waals surface area (Å²) >= 11 is 1.51. The fourth-order valence-corrected chi connectivity index (χ4v) is 4.47. The average molecular weight is 475 g/mol. The van der Waals surface area contributed by atoms with Crippen molar-refractivity contribution in [1.82, 2.24) is 10.2 Å². The molecule has 0 aliphatic carbocycles. The van der Waals surface area contributed by atoms with Crippen molar-refractivity contribution in [3.8, 4) is 11.8 Å². The summed E-state index contributed by atoms with van der Waals surface area (Å²) in [7, 11) is 1.56. The number of amides is 4. The summed E-state index contributed by atoms with van der Waals surface area (Å²) in [5.74, 6) is -0.271. The van der Waals surface area contributed by atoms with Crippen molar-refractivity contribution in [2.75, 3.05) is 18.6 Å². The standard InChI is InChI=1S/C25H22N4O4S/c1-25(18-7-5-17(14-26)6-8-18)23(31)29(24(32)27-25)16-22(30)28(15-21-4-3-13-34-21)19-9-11-20(33-2)12-10-19/h3-13H,15-16H2,1-2H3,(H,27,32)/t25-/m0/s1. The fraction of sp³-hybridized carbons (Fsp3) is 0.200. The van der Waals surface area contributed by atoms with E-state index < -0.39 is 29.9 Å². The van der Waals surface area contributed by atoms with E-state index in [0.717, 1.165) is 9.78 Å². The van der Waals surface area contributed by atoms with Gasteiger partial charge >= 0.3 is 6.03 Å². The molecule has 8 nitrogen and oxygen atoms in total. The minimum atomic E-state index is -1.33. The Morgan fingerprint density at radius 1 is 1.15 bits per heavy atom. The van der Waals surface area contributed by atoms with E-state index in [1.165, 1.54) is 11.3 Å². The maximum Gasteiger partial charge on any atom is 0.325 e. The van der Waals surface area contributed by atoms with E-state index in [0.29, 0.717) is 29.1 Å². The highest BCUT2D eigenvalue weighted by Gasteiger charge is 2.49. The Hall–Kier alpha value is -4.16. The third-order valence-corrected chi connectivity index (χ3v) is 6.60. The topological polar surface area (TPSA) is 103 Å². The van der Waals surface area contributed by atoms with Crippen LogP contribution in [0.3, 0.4) is 0 Å². The Bertz CT molecular complexity index is 1250. The zero-order chi connectivity index (χ0) is 24.3. The lowest BCUT2D eigenvalue weighted by Gasteiger charge is -2.25. The van der Waals surface area contributed by atoms with Crippen LogP contribution in [-0.4, -0.2) is 36.4 Å². The van der Waals surface area contributed by atoms with Crippen LogP contribution in [0.4, 0.5) is 10.5 Å². The number of benzene rings is 2. The van der Waals surface area contributed by atoms with Crippen LogP contribution in [-0.2, 0) is 21.7 Å². The lowest BCUT2D eigenvalue weighted by Crippen LogP contribution is -2.44. The van der Waals surface area contributed by atoms with Crippen LogP contribution in [0.15, 0.2) is 66.0 Å². The second kappa shape index (κ2) is 9.37. The molecule has 1 aliphatic heterocycles. The molecular formula is C25H22N4O4S. The van der Waals surface area contributed by atoms with Gasteiger partial charge in [0.25, 0.3) is 5.91 Å². The van der Waals surface area contributed by atoms with Crippen LogP contribution in [0, 0.1) is 11.3 Å². The van der Waals surface area contributed by atoms with E-state index in [9.17, 15) is 14.4 Å². The molecule has 1 aromatic heterocycles. The van der Waals surface area contributed by atoms with Crippen molar-refractivity contribution >= 4 is 34.9 Å². The number of methoxy groups -OCH3 is 1. The summed E-state index contributed by atoms with van der Waals surface area (Å²) < 4.78 is 5.21. The lowest BCUT2D eigenvalue weighted by molar-refractivity contribution is -0.134. The van der Waals surface area contributed by atoms with Gasteiger partial charge < -0.3 is 15.0 Å². The molecule has 0 bridgehead atoms. The van der Waals surface area contributed by atoms with Crippen molar-refractivity contribution < 1.29 is 19.1 Å². The molecule has 0 spiro atoms. The summed E-state index contributed by atoms with van der Waals surface area (Å²) in [5.41, 5.74) is 0.274. The second-order valence-corrected chi connectivity index (χ2v) is 8.93. The van der Waals surface area contributed by atoms with Gasteiger partial charge in [0.1, 0.15) is 17.8 Å². The van der Waals surface area contributed by atoms with E-state index in [1.54, 1.807) is 67.5 Å². The van der Waals surface area contributed by atoms with Crippen molar-refractivity contribution in [2.45, 2.75) is 19.0 Å². The third-order valence-electron chi connectivity index (χ3n) is 5.74. The number of carbonyl (C=O) groups excluding carboxylic acids is 3. The van der Waals surface area contributed by atoms with E-state index in [2.05, 4.69) is 5.32 Å². The summed E-state index contributed by atoms with van der Waals surface area (Å²) in [5, 5.41) is 13.6. The van der Waals surface area contributed by atoms with Gasteiger partial charge in [0.2, 0.25) is 5.91 Å². The second-order valence-electron chi connectivity index (χ2n) is 7.89. The summed E-state index contributed by atoms with van der Waals surface area (Å²) in [4.78, 5) is 42.9. The van der Waals surface area contributed by atoms with Crippen LogP contribution < -0.4 is 15.0 Å². The number of anilines is 1. The van der Waals surface area contributed by atoms with Crippen molar-refractivity contribution in [2.24, 2.45) is 0 Å². The first-order valence-electron chi connectivity index (χ1n) is 10.5. The SMILES string of the molecule is COc1ccc(N(Cc2cccs2)C(=O)CN2C(=O)N[C@@](C)(c3ccc(C#N)cc3)C2=O)cc1. The maximum atomic E-state index is 13.4. The number of thiophene rings is 1.